The Kier molecular flexibility index (Phi) is 5.19. The molecule has 0 aliphatic carbocycles. The van der Waals surface area contributed by atoms with E-state index in [1.54, 1.807) is 0 Å². The lowest BCUT2D eigenvalue weighted by molar-refractivity contribution is -0.117. The second kappa shape index (κ2) is 7.34. The van der Waals surface area contributed by atoms with Gasteiger partial charge in [0.15, 0.2) is 0 Å². The van der Waals surface area contributed by atoms with Gasteiger partial charge in [-0.25, -0.2) is 10.9 Å². The predicted octanol–water partition coefficient (Wildman–Crippen LogP) is 4.01. The maximum atomic E-state index is 12.5. The van der Waals surface area contributed by atoms with E-state index in [4.69, 9.17) is 11.6 Å². The standard InChI is InChI=1S/C19H22ClN3O/c1-12(2)13-6-5-7-14(10-13)21-19(24)18-11-17(22-23-18)15-8-3-4-9-16(15)20/h3-10,12,17-18,22-23H,11H2,1-2H3,(H,21,24). The van der Waals surface area contributed by atoms with Crippen LogP contribution >= 0.6 is 11.6 Å². The number of anilines is 1. The third kappa shape index (κ3) is 3.78. The first-order valence-electron chi connectivity index (χ1n) is 8.21. The SMILES string of the molecule is CC(C)c1cccc(NC(=O)C2CC(c3ccccc3Cl)NN2)c1. The summed E-state index contributed by atoms with van der Waals surface area (Å²) in [5, 5.41) is 3.70. The minimum absolute atomic E-state index is 0.0245. The van der Waals surface area contributed by atoms with Crippen molar-refractivity contribution in [2.24, 2.45) is 0 Å². The minimum Gasteiger partial charge on any atom is -0.325 e. The van der Waals surface area contributed by atoms with Crippen molar-refractivity contribution in [3.8, 4) is 0 Å². The van der Waals surface area contributed by atoms with E-state index in [1.807, 2.05) is 42.5 Å². The molecule has 0 bridgehead atoms. The molecule has 5 heteroatoms. The van der Waals surface area contributed by atoms with E-state index >= 15 is 0 Å². The summed E-state index contributed by atoms with van der Waals surface area (Å²) >= 11 is 6.24. The number of amides is 1. The second-order valence-electron chi connectivity index (χ2n) is 6.42. The first-order chi connectivity index (χ1) is 11.5. The Morgan fingerprint density at radius 3 is 2.71 bits per heavy atom. The van der Waals surface area contributed by atoms with E-state index in [2.05, 4.69) is 36.1 Å². The van der Waals surface area contributed by atoms with Crippen LogP contribution in [0.1, 0.15) is 43.4 Å². The van der Waals surface area contributed by atoms with Crippen molar-refractivity contribution in [2.75, 3.05) is 5.32 Å². The van der Waals surface area contributed by atoms with Gasteiger partial charge in [0, 0.05) is 16.8 Å². The van der Waals surface area contributed by atoms with Crippen LogP contribution in [0.15, 0.2) is 48.5 Å². The highest BCUT2D eigenvalue weighted by Gasteiger charge is 2.31. The van der Waals surface area contributed by atoms with Crippen LogP contribution in [-0.4, -0.2) is 11.9 Å². The average molecular weight is 344 g/mol. The molecule has 1 amide bonds. The molecule has 1 heterocycles. The topological polar surface area (TPSA) is 53.2 Å². The van der Waals surface area contributed by atoms with Crippen LogP contribution in [0.25, 0.3) is 0 Å². The maximum absolute atomic E-state index is 12.5. The smallest absolute Gasteiger partial charge is 0.242 e. The van der Waals surface area contributed by atoms with Gasteiger partial charge in [0.25, 0.3) is 0 Å². The van der Waals surface area contributed by atoms with E-state index < -0.39 is 0 Å². The van der Waals surface area contributed by atoms with Crippen molar-refractivity contribution in [2.45, 2.75) is 38.3 Å². The van der Waals surface area contributed by atoms with Crippen LogP contribution in [0, 0.1) is 0 Å². The van der Waals surface area contributed by atoms with Gasteiger partial charge in [-0.2, -0.15) is 0 Å². The fraction of sp³-hybridized carbons (Fsp3) is 0.316. The average Bonchev–Trinajstić information content (AvgIpc) is 3.05. The van der Waals surface area contributed by atoms with Gasteiger partial charge in [-0.1, -0.05) is 55.8 Å². The largest absolute Gasteiger partial charge is 0.325 e. The summed E-state index contributed by atoms with van der Waals surface area (Å²) in [6.45, 7) is 4.27. The molecule has 2 aromatic rings. The number of benzene rings is 2. The van der Waals surface area contributed by atoms with Crippen molar-refractivity contribution >= 4 is 23.2 Å². The molecule has 4 nitrogen and oxygen atoms in total. The summed E-state index contributed by atoms with van der Waals surface area (Å²) in [6, 6.07) is 15.4. The molecule has 3 N–H and O–H groups in total. The van der Waals surface area contributed by atoms with Crippen molar-refractivity contribution in [3.05, 3.63) is 64.7 Å². The van der Waals surface area contributed by atoms with Gasteiger partial charge >= 0.3 is 0 Å². The highest BCUT2D eigenvalue weighted by molar-refractivity contribution is 6.31. The molecule has 0 aromatic heterocycles. The summed E-state index contributed by atoms with van der Waals surface area (Å²) in [7, 11) is 0. The van der Waals surface area contributed by atoms with Crippen LogP contribution < -0.4 is 16.2 Å². The Bertz CT molecular complexity index is 732. The van der Waals surface area contributed by atoms with Gasteiger partial charge in [0.2, 0.25) is 5.91 Å². The molecule has 0 saturated carbocycles. The summed E-state index contributed by atoms with van der Waals surface area (Å²) < 4.78 is 0. The Balaban J connectivity index is 1.65. The van der Waals surface area contributed by atoms with E-state index in [9.17, 15) is 4.79 Å². The fourth-order valence-corrected chi connectivity index (χ4v) is 3.16. The third-order valence-electron chi connectivity index (χ3n) is 4.32. The second-order valence-corrected chi connectivity index (χ2v) is 6.83. The minimum atomic E-state index is -0.297. The molecule has 3 rings (SSSR count). The molecule has 1 fully saturated rings. The zero-order chi connectivity index (χ0) is 17.1. The first-order valence-corrected chi connectivity index (χ1v) is 8.58. The van der Waals surface area contributed by atoms with E-state index in [1.165, 1.54) is 5.56 Å². The molecule has 0 spiro atoms. The molecule has 2 unspecified atom stereocenters. The number of hydrazine groups is 1. The van der Waals surface area contributed by atoms with Gasteiger partial charge in [0.1, 0.15) is 6.04 Å². The fourth-order valence-electron chi connectivity index (χ4n) is 2.89. The van der Waals surface area contributed by atoms with Crippen LogP contribution in [0.4, 0.5) is 5.69 Å². The van der Waals surface area contributed by atoms with Crippen LogP contribution in [0.3, 0.4) is 0 Å². The summed E-state index contributed by atoms with van der Waals surface area (Å²) in [5.41, 5.74) is 9.27. The molecule has 1 aliphatic heterocycles. The Morgan fingerprint density at radius 2 is 1.96 bits per heavy atom. The molecule has 126 valence electrons. The van der Waals surface area contributed by atoms with Crippen molar-refractivity contribution < 1.29 is 4.79 Å². The molecule has 2 aromatic carbocycles. The number of carbonyl (C=O) groups excluding carboxylic acids is 1. The van der Waals surface area contributed by atoms with E-state index in [0.29, 0.717) is 17.4 Å². The Hall–Kier alpha value is -1.88. The Morgan fingerprint density at radius 1 is 1.17 bits per heavy atom. The highest BCUT2D eigenvalue weighted by atomic mass is 35.5. The number of carbonyl (C=O) groups is 1. The lowest BCUT2D eigenvalue weighted by Crippen LogP contribution is -2.39. The van der Waals surface area contributed by atoms with Gasteiger partial charge in [-0.15, -0.1) is 0 Å². The summed E-state index contributed by atoms with van der Waals surface area (Å²) in [5.74, 6) is 0.385. The summed E-state index contributed by atoms with van der Waals surface area (Å²) in [6.07, 6.45) is 0.652. The molecule has 0 radical (unpaired) electrons. The molecular formula is C19H22ClN3O. The third-order valence-corrected chi connectivity index (χ3v) is 4.67. The number of hydrogen-bond donors (Lipinski definition) is 3. The quantitative estimate of drug-likeness (QED) is 0.786. The molecule has 1 saturated heterocycles. The van der Waals surface area contributed by atoms with Gasteiger partial charge in [0.05, 0.1) is 0 Å². The highest BCUT2D eigenvalue weighted by Crippen LogP contribution is 2.28. The van der Waals surface area contributed by atoms with Crippen LogP contribution in [0.2, 0.25) is 5.02 Å². The van der Waals surface area contributed by atoms with E-state index in [0.717, 1.165) is 11.3 Å². The molecule has 2 atom stereocenters. The summed E-state index contributed by atoms with van der Waals surface area (Å²) in [4.78, 5) is 12.5. The monoisotopic (exact) mass is 343 g/mol. The van der Waals surface area contributed by atoms with Crippen molar-refractivity contribution in [1.82, 2.24) is 10.9 Å². The lowest BCUT2D eigenvalue weighted by atomic mass is 10.0. The van der Waals surface area contributed by atoms with E-state index in [-0.39, 0.29) is 18.0 Å². The number of rotatable bonds is 4. The van der Waals surface area contributed by atoms with Gasteiger partial charge in [-0.05, 0) is 41.7 Å². The number of halogens is 1. The normalized spacial score (nSPS) is 20.3. The lowest BCUT2D eigenvalue weighted by Gasteiger charge is -2.13. The molecule has 24 heavy (non-hydrogen) atoms. The Labute approximate surface area is 147 Å². The maximum Gasteiger partial charge on any atom is 0.242 e. The van der Waals surface area contributed by atoms with Gasteiger partial charge in [-0.3, -0.25) is 4.79 Å². The molecule has 1 aliphatic rings. The number of nitrogens with one attached hydrogen (secondary N) is 3. The zero-order valence-corrected chi connectivity index (χ0v) is 14.6. The number of hydrogen-bond acceptors (Lipinski definition) is 3. The van der Waals surface area contributed by atoms with Crippen LogP contribution in [0.5, 0.6) is 0 Å². The molecular weight excluding hydrogens is 322 g/mol. The van der Waals surface area contributed by atoms with Crippen molar-refractivity contribution in [3.63, 3.8) is 0 Å². The van der Waals surface area contributed by atoms with Crippen LogP contribution in [-0.2, 0) is 4.79 Å². The van der Waals surface area contributed by atoms with Crippen molar-refractivity contribution in [1.29, 1.82) is 0 Å². The predicted molar refractivity (Wildman–Crippen MR) is 98.0 cm³/mol. The first kappa shape index (κ1) is 17.0. The zero-order valence-electron chi connectivity index (χ0n) is 13.8. The van der Waals surface area contributed by atoms with Gasteiger partial charge < -0.3 is 5.32 Å².